The monoisotopic (exact) mass is 301 g/mol. The zero-order chi connectivity index (χ0) is 16.2. The zero-order valence-electron chi connectivity index (χ0n) is 11.6. The van der Waals surface area contributed by atoms with Crippen molar-refractivity contribution in [3.63, 3.8) is 0 Å². The highest BCUT2D eigenvalue weighted by atomic mass is 16.4. The van der Waals surface area contributed by atoms with Gasteiger partial charge in [-0.3, -0.25) is 14.4 Å². The number of amides is 2. The van der Waals surface area contributed by atoms with E-state index >= 15 is 0 Å². The van der Waals surface area contributed by atoms with Crippen LogP contribution in [0.2, 0.25) is 0 Å². The first kappa shape index (κ1) is 16.9. The second-order valence-corrected chi connectivity index (χ2v) is 4.96. The molecule has 0 spiro atoms. The number of aliphatic carboxylic acids is 2. The number of carbonyl (C=O) groups is 4. The molecule has 0 aromatic carbocycles. The Hall–Kier alpha value is -2.16. The highest BCUT2D eigenvalue weighted by molar-refractivity contribution is 5.92. The summed E-state index contributed by atoms with van der Waals surface area (Å²) in [5, 5.41) is 19.9. The SMILES string of the molecule is C[C@H](NC(=O)[C@@H](N)CC(=O)O)C(=O)N1CCC[C@H]1C(=O)O. The van der Waals surface area contributed by atoms with Gasteiger partial charge in [0.25, 0.3) is 0 Å². The summed E-state index contributed by atoms with van der Waals surface area (Å²) in [7, 11) is 0. The van der Waals surface area contributed by atoms with Crippen molar-refractivity contribution < 1.29 is 29.4 Å². The van der Waals surface area contributed by atoms with Gasteiger partial charge in [-0.15, -0.1) is 0 Å². The van der Waals surface area contributed by atoms with E-state index in [1.807, 2.05) is 0 Å². The molecular weight excluding hydrogens is 282 g/mol. The molecule has 118 valence electrons. The van der Waals surface area contributed by atoms with Crippen LogP contribution in [-0.2, 0) is 19.2 Å². The molecule has 0 bridgehead atoms. The molecule has 0 aliphatic carbocycles. The molecule has 9 nitrogen and oxygen atoms in total. The van der Waals surface area contributed by atoms with Gasteiger partial charge >= 0.3 is 11.9 Å². The summed E-state index contributed by atoms with van der Waals surface area (Å²) in [6.45, 7) is 1.72. The van der Waals surface area contributed by atoms with Crippen molar-refractivity contribution in [2.75, 3.05) is 6.54 Å². The molecule has 5 N–H and O–H groups in total. The number of nitrogens with two attached hydrogens (primary N) is 1. The van der Waals surface area contributed by atoms with Gasteiger partial charge in [-0.1, -0.05) is 0 Å². The van der Waals surface area contributed by atoms with Crippen LogP contribution in [0.25, 0.3) is 0 Å². The van der Waals surface area contributed by atoms with Crippen LogP contribution in [0.5, 0.6) is 0 Å². The first-order valence-corrected chi connectivity index (χ1v) is 6.55. The van der Waals surface area contributed by atoms with E-state index in [2.05, 4.69) is 5.32 Å². The van der Waals surface area contributed by atoms with Gasteiger partial charge in [0.05, 0.1) is 12.5 Å². The Morgan fingerprint density at radius 2 is 1.95 bits per heavy atom. The van der Waals surface area contributed by atoms with Gasteiger partial charge in [0, 0.05) is 6.54 Å². The third kappa shape index (κ3) is 4.42. The van der Waals surface area contributed by atoms with E-state index in [1.165, 1.54) is 11.8 Å². The molecule has 3 atom stereocenters. The Morgan fingerprint density at radius 1 is 1.33 bits per heavy atom. The number of nitrogens with one attached hydrogen (secondary N) is 1. The number of hydrogen-bond donors (Lipinski definition) is 4. The van der Waals surface area contributed by atoms with Crippen molar-refractivity contribution in [3.05, 3.63) is 0 Å². The molecule has 1 heterocycles. The van der Waals surface area contributed by atoms with Crippen LogP contribution in [0.1, 0.15) is 26.2 Å². The molecule has 1 fully saturated rings. The van der Waals surface area contributed by atoms with Crippen molar-refractivity contribution in [2.45, 2.75) is 44.3 Å². The third-order valence-corrected chi connectivity index (χ3v) is 3.28. The van der Waals surface area contributed by atoms with Crippen molar-refractivity contribution in [3.8, 4) is 0 Å². The topological polar surface area (TPSA) is 150 Å². The number of likely N-dealkylation sites (tertiary alicyclic amines) is 1. The van der Waals surface area contributed by atoms with Crippen LogP contribution < -0.4 is 11.1 Å². The minimum absolute atomic E-state index is 0.317. The van der Waals surface area contributed by atoms with Gasteiger partial charge in [0.2, 0.25) is 11.8 Å². The van der Waals surface area contributed by atoms with E-state index in [-0.39, 0.29) is 0 Å². The van der Waals surface area contributed by atoms with Crippen molar-refractivity contribution in [2.24, 2.45) is 5.73 Å². The first-order valence-electron chi connectivity index (χ1n) is 6.55. The quantitative estimate of drug-likeness (QED) is 0.460. The number of carboxylic acid groups (broad SMARTS) is 2. The van der Waals surface area contributed by atoms with Crippen molar-refractivity contribution in [1.29, 1.82) is 0 Å². The van der Waals surface area contributed by atoms with Crippen LogP contribution in [-0.4, -0.2) is 63.5 Å². The maximum Gasteiger partial charge on any atom is 0.326 e. The molecular formula is C12H19N3O6. The highest BCUT2D eigenvalue weighted by Gasteiger charge is 2.36. The van der Waals surface area contributed by atoms with Crippen molar-refractivity contribution in [1.82, 2.24) is 10.2 Å². The van der Waals surface area contributed by atoms with Gasteiger partial charge in [0.1, 0.15) is 12.1 Å². The van der Waals surface area contributed by atoms with E-state index < -0.39 is 48.3 Å². The Morgan fingerprint density at radius 3 is 2.48 bits per heavy atom. The van der Waals surface area contributed by atoms with E-state index in [1.54, 1.807) is 0 Å². The summed E-state index contributed by atoms with van der Waals surface area (Å²) >= 11 is 0. The minimum Gasteiger partial charge on any atom is -0.481 e. The Labute approximate surface area is 121 Å². The first-order chi connectivity index (χ1) is 9.73. The van der Waals surface area contributed by atoms with Gasteiger partial charge in [-0.25, -0.2) is 4.79 Å². The highest BCUT2D eigenvalue weighted by Crippen LogP contribution is 2.18. The van der Waals surface area contributed by atoms with Gasteiger partial charge < -0.3 is 26.2 Å². The second-order valence-electron chi connectivity index (χ2n) is 4.96. The molecule has 0 radical (unpaired) electrons. The van der Waals surface area contributed by atoms with Gasteiger partial charge in [0.15, 0.2) is 0 Å². The summed E-state index contributed by atoms with van der Waals surface area (Å²) in [6, 6.07) is -3.10. The summed E-state index contributed by atoms with van der Waals surface area (Å²) in [4.78, 5) is 46.5. The number of hydrogen-bond acceptors (Lipinski definition) is 5. The summed E-state index contributed by atoms with van der Waals surface area (Å²) in [6.07, 6.45) is 0.413. The van der Waals surface area contributed by atoms with Crippen LogP contribution in [0.15, 0.2) is 0 Å². The molecule has 2 amide bonds. The summed E-state index contributed by atoms with van der Waals surface area (Å²) < 4.78 is 0. The maximum absolute atomic E-state index is 12.1. The Kier molecular flexibility index (Phi) is 5.65. The van der Waals surface area contributed by atoms with Crippen molar-refractivity contribution >= 4 is 23.8 Å². The molecule has 1 aliphatic heterocycles. The van der Waals surface area contributed by atoms with E-state index in [0.29, 0.717) is 19.4 Å². The lowest BCUT2D eigenvalue weighted by Gasteiger charge is -2.25. The lowest BCUT2D eigenvalue weighted by atomic mass is 10.1. The van der Waals surface area contributed by atoms with Crippen LogP contribution in [0, 0.1) is 0 Å². The normalized spacial score (nSPS) is 20.7. The Bertz CT molecular complexity index is 452. The average Bonchev–Trinajstić information content (AvgIpc) is 2.85. The fourth-order valence-electron chi connectivity index (χ4n) is 2.20. The molecule has 0 aromatic rings. The Balaban J connectivity index is 2.60. The molecule has 0 saturated carbocycles. The van der Waals surface area contributed by atoms with E-state index in [9.17, 15) is 19.2 Å². The number of carbonyl (C=O) groups excluding carboxylic acids is 2. The molecule has 0 unspecified atom stereocenters. The molecule has 1 rings (SSSR count). The fourth-order valence-corrected chi connectivity index (χ4v) is 2.20. The summed E-state index contributed by atoms with van der Waals surface area (Å²) in [5.74, 6) is -3.58. The van der Waals surface area contributed by atoms with Gasteiger partial charge in [-0.05, 0) is 19.8 Å². The van der Waals surface area contributed by atoms with Crippen LogP contribution >= 0.6 is 0 Å². The lowest BCUT2D eigenvalue weighted by molar-refractivity contribution is -0.149. The predicted octanol–water partition coefficient (Wildman–Crippen LogP) is -1.63. The molecule has 1 aliphatic rings. The largest absolute Gasteiger partial charge is 0.481 e. The van der Waals surface area contributed by atoms with Crippen LogP contribution in [0.3, 0.4) is 0 Å². The maximum atomic E-state index is 12.1. The molecule has 1 saturated heterocycles. The zero-order valence-corrected chi connectivity index (χ0v) is 11.6. The molecule has 9 heteroatoms. The predicted molar refractivity (Wildman–Crippen MR) is 70.2 cm³/mol. The standard InChI is InChI=1S/C12H19N3O6/c1-6(14-10(18)7(13)5-9(16)17)11(19)15-4-2-3-8(15)12(20)21/h6-8H,2-5,13H2,1H3,(H,14,18)(H,16,17)(H,20,21)/t6-,7-,8-/m0/s1. The lowest BCUT2D eigenvalue weighted by Crippen LogP contribution is -2.53. The summed E-state index contributed by atoms with van der Waals surface area (Å²) in [5.41, 5.74) is 5.38. The molecule has 21 heavy (non-hydrogen) atoms. The smallest absolute Gasteiger partial charge is 0.326 e. The third-order valence-electron chi connectivity index (χ3n) is 3.28. The number of carboxylic acids is 2. The average molecular weight is 301 g/mol. The minimum atomic E-state index is -1.26. The second kappa shape index (κ2) is 7.02. The van der Waals surface area contributed by atoms with E-state index in [4.69, 9.17) is 15.9 Å². The number of nitrogens with zero attached hydrogens (tertiary/aromatic N) is 1. The van der Waals surface area contributed by atoms with E-state index in [0.717, 1.165) is 0 Å². The van der Waals surface area contributed by atoms with Gasteiger partial charge in [-0.2, -0.15) is 0 Å². The fraction of sp³-hybridized carbons (Fsp3) is 0.667. The van der Waals surface area contributed by atoms with Crippen LogP contribution in [0.4, 0.5) is 0 Å². The number of rotatable bonds is 6. The molecule has 0 aromatic heterocycles.